The van der Waals surface area contributed by atoms with Crippen LogP contribution in [0.3, 0.4) is 0 Å². The maximum Gasteiger partial charge on any atom is 0.144 e. The van der Waals surface area contributed by atoms with Crippen LogP contribution < -0.4 is 0 Å². The average molecular weight is 1120 g/mol. The molecule has 0 amide bonds. The van der Waals surface area contributed by atoms with Crippen molar-refractivity contribution < 1.29 is 38.2 Å². The lowest BCUT2D eigenvalue weighted by Crippen LogP contribution is -2.44. The van der Waals surface area contributed by atoms with Crippen molar-refractivity contribution >= 4 is 34.7 Å². The van der Waals surface area contributed by atoms with Gasteiger partial charge in [-0.2, -0.15) is 0 Å². The summed E-state index contributed by atoms with van der Waals surface area (Å²) in [6.07, 6.45) is 17.3. The molecule has 4 aliphatic heterocycles. The first kappa shape index (κ1) is 59.0. The Bertz CT molecular complexity index is 3180. The van der Waals surface area contributed by atoms with E-state index in [0.29, 0.717) is 61.2 Å². The Morgan fingerprint density at radius 2 is 0.867 bits per heavy atom. The van der Waals surface area contributed by atoms with Crippen LogP contribution in [0.1, 0.15) is 141 Å². The number of carbonyl (C=O) groups is 6. The maximum atomic E-state index is 14.4. The van der Waals surface area contributed by atoms with Gasteiger partial charge >= 0.3 is 0 Å². The molecule has 18 unspecified atom stereocenters. The molecule has 4 aromatic rings. The van der Waals surface area contributed by atoms with E-state index >= 15 is 0 Å². The van der Waals surface area contributed by atoms with E-state index in [4.69, 9.17) is 9.47 Å². The molecule has 2 spiro atoms. The summed E-state index contributed by atoms with van der Waals surface area (Å²) in [5.41, 5.74) is 9.07. The lowest BCUT2D eigenvalue weighted by atomic mass is 9.68. The molecule has 2 saturated heterocycles. The molecule has 8 nitrogen and oxygen atoms in total. The Morgan fingerprint density at radius 3 is 1.30 bits per heavy atom. The van der Waals surface area contributed by atoms with Crippen LogP contribution in [0.5, 0.6) is 0 Å². The number of aryl methyl sites for hydroxylation is 7. The minimum Gasteiger partial charge on any atom is -0.361 e. The van der Waals surface area contributed by atoms with Gasteiger partial charge in [-0.1, -0.05) is 196 Å². The van der Waals surface area contributed by atoms with E-state index in [1.54, 1.807) is 0 Å². The molecule has 438 valence electrons. The highest BCUT2D eigenvalue weighted by Gasteiger charge is 2.74. The molecule has 4 aromatic carbocycles. The summed E-state index contributed by atoms with van der Waals surface area (Å²) < 4.78 is 13.3. The van der Waals surface area contributed by atoms with Gasteiger partial charge in [-0.05, 0) is 131 Å². The summed E-state index contributed by atoms with van der Waals surface area (Å²) in [7, 11) is 0. The summed E-state index contributed by atoms with van der Waals surface area (Å²) >= 11 is 0. The van der Waals surface area contributed by atoms with Gasteiger partial charge in [0.1, 0.15) is 45.9 Å². The van der Waals surface area contributed by atoms with Crippen molar-refractivity contribution in [1.82, 2.24) is 0 Å². The van der Waals surface area contributed by atoms with Crippen molar-refractivity contribution in [3.63, 3.8) is 0 Å². The van der Waals surface area contributed by atoms with E-state index in [1.807, 2.05) is 52.0 Å². The van der Waals surface area contributed by atoms with Crippen LogP contribution >= 0.6 is 0 Å². The van der Waals surface area contributed by atoms with E-state index in [-0.39, 0.29) is 47.5 Å². The van der Waals surface area contributed by atoms with Crippen molar-refractivity contribution in [3.05, 3.63) is 165 Å². The molecule has 4 aliphatic carbocycles. The SMILES string of the molecule is Cc1ccc(CC2C(=O)C3C(C(=O)Cc4cc(C)cc(C)c4)C4C=CC3(O4)C2C(=O)CC2CCCC(C)C2C)cc1.Cc1ccc(CCC2C(=O)C3C(C(=O)Cc4cc(C)cc(C)c4)C4C=CC3(O4)C2C(=O)CC2CCCC(C)C2C)cc1. The molecule has 83 heavy (non-hydrogen) atoms. The second kappa shape index (κ2) is 23.6. The average Bonchev–Trinajstić information content (AvgIpc) is 1.62. The maximum absolute atomic E-state index is 14.4. The first-order valence-corrected chi connectivity index (χ1v) is 31.8. The molecule has 0 N–H and O–H groups in total. The Morgan fingerprint density at radius 1 is 0.470 bits per heavy atom. The van der Waals surface area contributed by atoms with Crippen molar-refractivity contribution in [3.8, 4) is 0 Å². The highest BCUT2D eigenvalue weighted by atomic mass is 16.5. The molecule has 0 aromatic heterocycles. The van der Waals surface area contributed by atoms with Crippen LogP contribution in [-0.4, -0.2) is 58.1 Å². The lowest BCUT2D eigenvalue weighted by Gasteiger charge is -2.36. The number of Topliss-reactive ketones (excluding diaryl/α,β-unsaturated/α-hetero) is 6. The van der Waals surface area contributed by atoms with Crippen LogP contribution in [-0.2, 0) is 63.9 Å². The molecular weight excluding hydrogens is 1030 g/mol. The normalized spacial score (nSPS) is 35.3. The van der Waals surface area contributed by atoms with Gasteiger partial charge < -0.3 is 9.47 Å². The van der Waals surface area contributed by atoms with Gasteiger partial charge in [-0.3, -0.25) is 28.8 Å². The van der Waals surface area contributed by atoms with Crippen LogP contribution in [0.4, 0.5) is 0 Å². The molecule has 4 saturated carbocycles. The summed E-state index contributed by atoms with van der Waals surface area (Å²) in [6, 6.07) is 29.1. The number of benzene rings is 4. The summed E-state index contributed by atoms with van der Waals surface area (Å²) in [6.45, 7) is 21.5. The van der Waals surface area contributed by atoms with Gasteiger partial charge in [-0.15, -0.1) is 0 Å². The Kier molecular flexibility index (Phi) is 16.8. The molecule has 8 heteroatoms. The number of fused-ring (bicyclic) bond motifs is 2. The van der Waals surface area contributed by atoms with E-state index in [2.05, 4.69) is 126 Å². The van der Waals surface area contributed by atoms with Crippen molar-refractivity contribution in [2.24, 2.45) is 82.9 Å². The summed E-state index contributed by atoms with van der Waals surface area (Å²) in [5.74, 6) is -0.853. The van der Waals surface area contributed by atoms with Crippen molar-refractivity contribution in [2.45, 2.75) is 176 Å². The van der Waals surface area contributed by atoms with Gasteiger partial charge in [-0.25, -0.2) is 0 Å². The molecule has 0 radical (unpaired) electrons. The lowest BCUT2D eigenvalue weighted by molar-refractivity contribution is -0.136. The Balaban J connectivity index is 0.000000174. The summed E-state index contributed by atoms with van der Waals surface area (Å²) in [4.78, 5) is 85.5. The van der Waals surface area contributed by atoms with E-state index in [9.17, 15) is 28.8 Å². The number of rotatable bonds is 17. The van der Waals surface area contributed by atoms with Gasteiger partial charge in [0.05, 0.1) is 47.7 Å². The zero-order chi connectivity index (χ0) is 58.8. The fourth-order valence-corrected chi connectivity index (χ4v) is 17.7. The molecule has 4 heterocycles. The van der Waals surface area contributed by atoms with Crippen molar-refractivity contribution in [2.75, 3.05) is 0 Å². The van der Waals surface area contributed by atoms with E-state index in [1.165, 1.54) is 24.0 Å². The molecule has 12 rings (SSSR count). The van der Waals surface area contributed by atoms with E-state index < -0.39 is 70.8 Å². The van der Waals surface area contributed by atoms with Gasteiger partial charge in [0.25, 0.3) is 0 Å². The van der Waals surface area contributed by atoms with Crippen LogP contribution in [0.15, 0.2) is 109 Å². The van der Waals surface area contributed by atoms with Gasteiger partial charge in [0.2, 0.25) is 0 Å². The quantitative estimate of drug-likeness (QED) is 0.0959. The molecular formula is C75H90O8. The highest BCUT2D eigenvalue weighted by Crippen LogP contribution is 2.62. The van der Waals surface area contributed by atoms with E-state index in [0.717, 1.165) is 76.6 Å². The number of ketones is 6. The fraction of sp³-hybridized carbons (Fsp3) is 0.547. The van der Waals surface area contributed by atoms with Crippen LogP contribution in [0, 0.1) is 124 Å². The predicted octanol–water partition coefficient (Wildman–Crippen LogP) is 13.9. The zero-order valence-corrected chi connectivity index (χ0v) is 51.1. The Hall–Kier alpha value is -5.70. The third-order valence-electron chi connectivity index (χ3n) is 22.2. The number of ether oxygens (including phenoxy) is 2. The first-order valence-electron chi connectivity index (χ1n) is 31.8. The smallest absolute Gasteiger partial charge is 0.144 e. The van der Waals surface area contributed by atoms with Crippen LogP contribution in [0.25, 0.3) is 0 Å². The fourth-order valence-electron chi connectivity index (χ4n) is 17.7. The second-order valence-corrected chi connectivity index (χ2v) is 28.0. The molecule has 18 atom stereocenters. The minimum absolute atomic E-state index is 0.0413. The topological polar surface area (TPSA) is 121 Å². The molecule has 6 fully saturated rings. The first-order chi connectivity index (χ1) is 39.6. The molecule has 8 aliphatic rings. The number of hydrogen-bond donors (Lipinski definition) is 0. The standard InChI is InChI=1S/C38H46O4.C37H44O4/c1-22-9-11-27(12-10-22)13-14-30-35(32(40)21-29-8-6-7-25(4)26(29)5)38-16-15-33(42-38)34(36(38)37(30)41)31(39)20-28-18-23(2)17-24(3)19-28;1-21-9-11-26(12-10-21)18-29-34(31(39)20-28-8-6-7-24(4)25(28)5)37-14-13-32(41-37)33(35(37)36(29)40)30(38)19-27-16-22(2)15-23(3)17-27/h9-12,15-19,25-26,29-30,33-36H,6-8,13-14,20-21H2,1-5H3;9-17,24-25,28-29,32-35H,6-8,18-20H2,1-5H3. The zero-order valence-electron chi connectivity index (χ0n) is 51.1. The van der Waals surface area contributed by atoms with Crippen molar-refractivity contribution in [1.29, 1.82) is 0 Å². The van der Waals surface area contributed by atoms with Gasteiger partial charge in [0.15, 0.2) is 0 Å². The highest BCUT2D eigenvalue weighted by molar-refractivity contribution is 6.03. The monoisotopic (exact) mass is 1120 g/mol. The number of hydrogen-bond acceptors (Lipinski definition) is 8. The Labute approximate surface area is 494 Å². The third kappa shape index (κ3) is 11.3. The predicted molar refractivity (Wildman–Crippen MR) is 326 cm³/mol. The third-order valence-corrected chi connectivity index (χ3v) is 22.2. The van der Waals surface area contributed by atoms with Crippen LogP contribution in [0.2, 0.25) is 0 Å². The van der Waals surface area contributed by atoms with Gasteiger partial charge in [0, 0.05) is 37.5 Å². The minimum atomic E-state index is -0.999. The second-order valence-electron chi connectivity index (χ2n) is 28.0. The largest absolute Gasteiger partial charge is 0.361 e. The molecule has 4 bridgehead atoms. The number of carbonyl (C=O) groups excluding carboxylic acids is 6. The summed E-state index contributed by atoms with van der Waals surface area (Å²) in [5, 5.41) is 0.